The molecular formula is C14H16Cl2N2S. The van der Waals surface area contributed by atoms with E-state index in [0.717, 1.165) is 30.0 Å². The zero-order chi connectivity index (χ0) is 13.7. The topological polar surface area (TPSA) is 24.9 Å². The Labute approximate surface area is 127 Å². The van der Waals surface area contributed by atoms with Gasteiger partial charge in [-0.05, 0) is 30.7 Å². The third kappa shape index (κ3) is 4.18. The van der Waals surface area contributed by atoms with Crippen LogP contribution in [0.4, 0.5) is 0 Å². The standard InChI is InChI=1S/C14H16Cl2N2S/c1-2-5-17-13(9-14-18-6-7-19-14)11-4-3-10(15)8-12(11)16/h3-4,6-8,13,17H,2,5,9H2,1H3. The number of thiazole rings is 1. The molecule has 0 saturated carbocycles. The Bertz CT molecular complexity index is 514. The summed E-state index contributed by atoms with van der Waals surface area (Å²) in [6, 6.07) is 5.84. The molecule has 1 N–H and O–H groups in total. The molecule has 1 atom stereocenters. The van der Waals surface area contributed by atoms with Gasteiger partial charge in [0.1, 0.15) is 0 Å². The molecule has 0 aliphatic carbocycles. The predicted octanol–water partition coefficient (Wildman–Crippen LogP) is 4.73. The van der Waals surface area contributed by atoms with Crippen molar-refractivity contribution in [3.8, 4) is 0 Å². The number of benzene rings is 1. The Hall–Kier alpha value is -0.610. The van der Waals surface area contributed by atoms with Crippen LogP contribution >= 0.6 is 34.5 Å². The molecule has 0 radical (unpaired) electrons. The number of rotatable bonds is 6. The summed E-state index contributed by atoms with van der Waals surface area (Å²) in [5.74, 6) is 0. The molecule has 0 amide bonds. The number of aromatic nitrogens is 1. The molecule has 102 valence electrons. The molecule has 0 aliphatic rings. The van der Waals surface area contributed by atoms with Crippen LogP contribution in [0, 0.1) is 0 Å². The van der Waals surface area contributed by atoms with Gasteiger partial charge in [-0.3, -0.25) is 0 Å². The van der Waals surface area contributed by atoms with Gasteiger partial charge in [-0.1, -0.05) is 36.2 Å². The first kappa shape index (κ1) is 14.8. The van der Waals surface area contributed by atoms with Crippen LogP contribution in [-0.2, 0) is 6.42 Å². The first-order valence-corrected chi connectivity index (χ1v) is 7.91. The second kappa shape index (κ2) is 7.25. The molecule has 0 fully saturated rings. The van der Waals surface area contributed by atoms with Gasteiger partial charge < -0.3 is 5.32 Å². The lowest BCUT2D eigenvalue weighted by molar-refractivity contribution is 0.528. The Kier molecular flexibility index (Phi) is 5.64. The molecule has 0 bridgehead atoms. The average Bonchev–Trinajstić information content (AvgIpc) is 2.88. The summed E-state index contributed by atoms with van der Waals surface area (Å²) in [5.41, 5.74) is 1.08. The first-order chi connectivity index (χ1) is 9.20. The SMILES string of the molecule is CCCNC(Cc1nccs1)c1ccc(Cl)cc1Cl. The molecular weight excluding hydrogens is 299 g/mol. The highest BCUT2D eigenvalue weighted by Crippen LogP contribution is 2.28. The zero-order valence-corrected chi connectivity index (χ0v) is 13.0. The summed E-state index contributed by atoms with van der Waals surface area (Å²) in [6.07, 6.45) is 3.76. The smallest absolute Gasteiger partial charge is 0.0943 e. The summed E-state index contributed by atoms with van der Waals surface area (Å²) >= 11 is 13.9. The van der Waals surface area contributed by atoms with Crippen LogP contribution in [-0.4, -0.2) is 11.5 Å². The first-order valence-electron chi connectivity index (χ1n) is 6.27. The normalized spacial score (nSPS) is 12.6. The summed E-state index contributed by atoms with van der Waals surface area (Å²) in [5, 5.41) is 8.00. The molecule has 0 aliphatic heterocycles. The third-order valence-corrected chi connectivity index (χ3v) is 4.21. The molecule has 19 heavy (non-hydrogen) atoms. The van der Waals surface area contributed by atoms with E-state index in [4.69, 9.17) is 23.2 Å². The molecule has 0 spiro atoms. The Balaban J connectivity index is 2.20. The second-order valence-electron chi connectivity index (χ2n) is 4.30. The molecule has 5 heteroatoms. The van der Waals surface area contributed by atoms with E-state index in [1.165, 1.54) is 0 Å². The van der Waals surface area contributed by atoms with Gasteiger partial charge in [-0.2, -0.15) is 0 Å². The van der Waals surface area contributed by atoms with Crippen LogP contribution in [0.3, 0.4) is 0 Å². The molecule has 1 aromatic carbocycles. The molecule has 2 rings (SSSR count). The fourth-order valence-electron chi connectivity index (χ4n) is 1.92. The number of hydrogen-bond donors (Lipinski definition) is 1. The van der Waals surface area contributed by atoms with E-state index in [9.17, 15) is 0 Å². The van der Waals surface area contributed by atoms with Crippen LogP contribution in [0.25, 0.3) is 0 Å². The lowest BCUT2D eigenvalue weighted by Gasteiger charge is -2.19. The Morgan fingerprint density at radius 3 is 2.84 bits per heavy atom. The minimum atomic E-state index is 0.177. The minimum absolute atomic E-state index is 0.177. The number of nitrogens with one attached hydrogen (secondary N) is 1. The van der Waals surface area contributed by atoms with Crippen LogP contribution in [0.1, 0.15) is 30.0 Å². The quantitative estimate of drug-likeness (QED) is 0.833. The largest absolute Gasteiger partial charge is 0.310 e. The van der Waals surface area contributed by atoms with E-state index >= 15 is 0 Å². The fourth-order valence-corrected chi connectivity index (χ4v) is 3.13. The van der Waals surface area contributed by atoms with Crippen molar-refractivity contribution in [3.63, 3.8) is 0 Å². The second-order valence-corrected chi connectivity index (χ2v) is 6.13. The van der Waals surface area contributed by atoms with E-state index in [2.05, 4.69) is 17.2 Å². The van der Waals surface area contributed by atoms with Gasteiger partial charge in [-0.15, -0.1) is 11.3 Å². The van der Waals surface area contributed by atoms with Crippen molar-refractivity contribution in [2.45, 2.75) is 25.8 Å². The number of nitrogens with zero attached hydrogens (tertiary/aromatic N) is 1. The Morgan fingerprint density at radius 1 is 1.37 bits per heavy atom. The molecule has 1 unspecified atom stereocenters. The van der Waals surface area contributed by atoms with Crippen LogP contribution in [0.2, 0.25) is 10.0 Å². The molecule has 0 saturated heterocycles. The average molecular weight is 315 g/mol. The monoisotopic (exact) mass is 314 g/mol. The van der Waals surface area contributed by atoms with E-state index in [0.29, 0.717) is 10.0 Å². The van der Waals surface area contributed by atoms with Crippen molar-refractivity contribution in [3.05, 3.63) is 50.4 Å². The van der Waals surface area contributed by atoms with Gasteiger partial charge in [0.25, 0.3) is 0 Å². The summed E-state index contributed by atoms with van der Waals surface area (Å²) in [6.45, 7) is 3.10. The van der Waals surface area contributed by atoms with E-state index in [-0.39, 0.29) is 6.04 Å². The van der Waals surface area contributed by atoms with Gasteiger partial charge in [0.05, 0.1) is 5.01 Å². The minimum Gasteiger partial charge on any atom is -0.310 e. The van der Waals surface area contributed by atoms with Gasteiger partial charge >= 0.3 is 0 Å². The lowest BCUT2D eigenvalue weighted by Crippen LogP contribution is -2.24. The maximum absolute atomic E-state index is 6.30. The van der Waals surface area contributed by atoms with Crippen LogP contribution in [0.5, 0.6) is 0 Å². The zero-order valence-electron chi connectivity index (χ0n) is 10.7. The summed E-state index contributed by atoms with van der Waals surface area (Å²) in [7, 11) is 0. The summed E-state index contributed by atoms with van der Waals surface area (Å²) in [4.78, 5) is 4.35. The van der Waals surface area contributed by atoms with Crippen molar-refractivity contribution in [2.24, 2.45) is 0 Å². The molecule has 2 aromatic rings. The van der Waals surface area contributed by atoms with Crippen molar-refractivity contribution >= 4 is 34.5 Å². The highest BCUT2D eigenvalue weighted by atomic mass is 35.5. The van der Waals surface area contributed by atoms with Crippen LogP contribution < -0.4 is 5.32 Å². The fraction of sp³-hybridized carbons (Fsp3) is 0.357. The Morgan fingerprint density at radius 2 is 2.21 bits per heavy atom. The van der Waals surface area contributed by atoms with Crippen molar-refractivity contribution in [1.82, 2.24) is 10.3 Å². The highest BCUT2D eigenvalue weighted by Gasteiger charge is 2.16. The van der Waals surface area contributed by atoms with Gasteiger partial charge in [-0.25, -0.2) is 4.98 Å². The molecule has 1 aromatic heterocycles. The maximum atomic E-state index is 6.30. The predicted molar refractivity (Wildman–Crippen MR) is 83.3 cm³/mol. The van der Waals surface area contributed by atoms with E-state index in [1.54, 1.807) is 17.4 Å². The molecule has 2 nitrogen and oxygen atoms in total. The van der Waals surface area contributed by atoms with Gasteiger partial charge in [0.2, 0.25) is 0 Å². The number of hydrogen-bond acceptors (Lipinski definition) is 3. The van der Waals surface area contributed by atoms with Gasteiger partial charge in [0, 0.05) is 34.1 Å². The number of halogens is 2. The van der Waals surface area contributed by atoms with E-state index < -0.39 is 0 Å². The highest BCUT2D eigenvalue weighted by molar-refractivity contribution is 7.09. The van der Waals surface area contributed by atoms with E-state index in [1.807, 2.05) is 23.7 Å². The van der Waals surface area contributed by atoms with Crippen LogP contribution in [0.15, 0.2) is 29.8 Å². The summed E-state index contributed by atoms with van der Waals surface area (Å²) < 4.78 is 0. The van der Waals surface area contributed by atoms with Crippen molar-refractivity contribution < 1.29 is 0 Å². The lowest BCUT2D eigenvalue weighted by atomic mass is 10.0. The maximum Gasteiger partial charge on any atom is 0.0943 e. The van der Waals surface area contributed by atoms with Crippen molar-refractivity contribution in [2.75, 3.05) is 6.54 Å². The third-order valence-electron chi connectivity index (χ3n) is 2.84. The van der Waals surface area contributed by atoms with Gasteiger partial charge in [0.15, 0.2) is 0 Å². The molecule has 1 heterocycles. The van der Waals surface area contributed by atoms with Crippen molar-refractivity contribution in [1.29, 1.82) is 0 Å².